The summed E-state index contributed by atoms with van der Waals surface area (Å²) >= 11 is 0. The minimum atomic E-state index is -1.38. The fourth-order valence-electron chi connectivity index (χ4n) is 2.58. The third kappa shape index (κ3) is 3.40. The van der Waals surface area contributed by atoms with Gasteiger partial charge >= 0.3 is 0 Å². The highest BCUT2D eigenvalue weighted by Gasteiger charge is 2.27. The molecule has 0 aliphatic rings. The number of aromatic nitrogens is 2. The normalized spacial score (nSPS) is 11.7. The third-order valence-corrected chi connectivity index (χ3v) is 3.97. The summed E-state index contributed by atoms with van der Waals surface area (Å²) in [5.74, 6) is -2.51. The van der Waals surface area contributed by atoms with Crippen LogP contribution in [0.4, 0.5) is 0 Å². The Morgan fingerprint density at radius 2 is 2.00 bits per heavy atom. The summed E-state index contributed by atoms with van der Waals surface area (Å²) in [6.45, 7) is 0.268. The van der Waals surface area contributed by atoms with E-state index in [-0.39, 0.29) is 6.54 Å². The van der Waals surface area contributed by atoms with Crippen molar-refractivity contribution in [3.05, 3.63) is 66.0 Å². The van der Waals surface area contributed by atoms with E-state index in [1.165, 1.54) is 0 Å². The Hall–Kier alpha value is -3.46. The first-order valence-electron chi connectivity index (χ1n) is 7.76. The molecule has 2 aromatic carbocycles. The van der Waals surface area contributed by atoms with Crippen LogP contribution in [0.2, 0.25) is 0 Å². The van der Waals surface area contributed by atoms with E-state index in [9.17, 15) is 14.9 Å². The van der Waals surface area contributed by atoms with Gasteiger partial charge in [-0.3, -0.25) is 9.59 Å². The second-order valence-corrected chi connectivity index (χ2v) is 5.69. The zero-order valence-corrected chi connectivity index (χ0v) is 13.6. The number of benzene rings is 2. The molecular weight excluding hydrogens is 316 g/mol. The number of imidazole rings is 1. The average molecular weight is 332 g/mol. The predicted octanol–water partition coefficient (Wildman–Crippen LogP) is 2.21. The van der Waals surface area contributed by atoms with Gasteiger partial charge in [0.05, 0.1) is 23.4 Å². The minimum Gasteiger partial charge on any atom is -0.350 e. The molecule has 1 atom stereocenters. The van der Waals surface area contributed by atoms with Crippen LogP contribution in [0.3, 0.4) is 0 Å². The number of aryl methyl sites for hydroxylation is 1. The maximum absolute atomic E-state index is 12.6. The average Bonchev–Trinajstić information content (AvgIpc) is 3.02. The molecule has 6 heteroatoms. The number of rotatable bonds is 5. The van der Waals surface area contributed by atoms with Crippen molar-refractivity contribution in [2.45, 2.75) is 6.54 Å². The van der Waals surface area contributed by atoms with Gasteiger partial charge in [-0.25, -0.2) is 4.98 Å². The third-order valence-electron chi connectivity index (χ3n) is 3.97. The molecule has 0 saturated heterocycles. The molecule has 1 heterocycles. The van der Waals surface area contributed by atoms with E-state index in [1.54, 1.807) is 30.6 Å². The number of hydrogen-bond acceptors (Lipinski definition) is 4. The van der Waals surface area contributed by atoms with Gasteiger partial charge in [0.15, 0.2) is 11.7 Å². The van der Waals surface area contributed by atoms with Crippen molar-refractivity contribution in [1.82, 2.24) is 14.9 Å². The number of fused-ring (bicyclic) bond motifs is 1. The first-order valence-corrected chi connectivity index (χ1v) is 7.76. The van der Waals surface area contributed by atoms with E-state index in [0.29, 0.717) is 11.1 Å². The van der Waals surface area contributed by atoms with E-state index in [2.05, 4.69) is 10.3 Å². The number of carbonyl (C=O) groups is 2. The lowest BCUT2D eigenvalue weighted by Crippen LogP contribution is -2.34. The largest absolute Gasteiger partial charge is 0.350 e. The Bertz CT molecular complexity index is 970. The van der Waals surface area contributed by atoms with Gasteiger partial charge in [0.25, 0.3) is 0 Å². The van der Waals surface area contributed by atoms with Gasteiger partial charge in [-0.2, -0.15) is 5.26 Å². The Morgan fingerprint density at radius 1 is 1.24 bits per heavy atom. The number of nitrogens with one attached hydrogen (secondary N) is 1. The molecule has 0 radical (unpaired) electrons. The highest BCUT2D eigenvalue weighted by Crippen LogP contribution is 2.17. The molecule has 1 N–H and O–H groups in total. The van der Waals surface area contributed by atoms with Crippen LogP contribution < -0.4 is 5.32 Å². The molecule has 0 fully saturated rings. The second-order valence-electron chi connectivity index (χ2n) is 5.69. The van der Waals surface area contributed by atoms with Crippen molar-refractivity contribution >= 4 is 22.7 Å². The van der Waals surface area contributed by atoms with Crippen molar-refractivity contribution in [1.29, 1.82) is 5.26 Å². The van der Waals surface area contributed by atoms with E-state index in [4.69, 9.17) is 0 Å². The molecule has 6 nitrogen and oxygen atoms in total. The summed E-state index contributed by atoms with van der Waals surface area (Å²) in [5, 5.41) is 11.9. The van der Waals surface area contributed by atoms with Crippen molar-refractivity contribution in [2.24, 2.45) is 13.0 Å². The van der Waals surface area contributed by atoms with E-state index in [1.807, 2.05) is 41.9 Å². The lowest BCUT2D eigenvalue weighted by molar-refractivity contribution is -0.122. The summed E-state index contributed by atoms with van der Waals surface area (Å²) < 4.78 is 1.83. The van der Waals surface area contributed by atoms with Crippen LogP contribution >= 0.6 is 0 Å². The van der Waals surface area contributed by atoms with Gasteiger partial charge in [-0.15, -0.1) is 0 Å². The summed E-state index contributed by atoms with van der Waals surface area (Å²) in [6.07, 6.45) is 1.65. The standard InChI is InChI=1S/C19H16N4O2/c1-23-12-22-16-9-14(7-8-17(16)23)18(24)15(10-20)19(25)21-11-13-5-3-2-4-6-13/h2-9,12,15H,11H2,1H3,(H,21,25). The molecule has 0 saturated carbocycles. The summed E-state index contributed by atoms with van der Waals surface area (Å²) in [5.41, 5.74) is 2.72. The molecule has 1 aromatic heterocycles. The lowest BCUT2D eigenvalue weighted by Gasteiger charge is -2.10. The fraction of sp³-hybridized carbons (Fsp3) is 0.158. The van der Waals surface area contributed by atoms with Gasteiger partial charge in [-0.1, -0.05) is 30.3 Å². The Balaban J connectivity index is 1.75. The minimum absolute atomic E-state index is 0.268. The van der Waals surface area contributed by atoms with Crippen molar-refractivity contribution in [2.75, 3.05) is 0 Å². The zero-order chi connectivity index (χ0) is 17.8. The first kappa shape index (κ1) is 16.4. The van der Waals surface area contributed by atoms with E-state index in [0.717, 1.165) is 11.1 Å². The van der Waals surface area contributed by atoms with E-state index < -0.39 is 17.6 Å². The second kappa shape index (κ2) is 6.97. The van der Waals surface area contributed by atoms with Gasteiger partial charge in [0.2, 0.25) is 5.91 Å². The van der Waals surface area contributed by atoms with Gasteiger partial charge in [-0.05, 0) is 23.8 Å². The number of carbonyl (C=O) groups excluding carboxylic acids is 2. The molecule has 1 unspecified atom stereocenters. The highest BCUT2D eigenvalue weighted by molar-refractivity contribution is 6.12. The number of nitriles is 1. The summed E-state index contributed by atoms with van der Waals surface area (Å²) in [4.78, 5) is 29.0. The Kier molecular flexibility index (Phi) is 4.57. The number of hydrogen-bond donors (Lipinski definition) is 1. The van der Waals surface area contributed by atoms with Gasteiger partial charge in [0, 0.05) is 19.2 Å². The van der Waals surface area contributed by atoms with Crippen LogP contribution in [-0.2, 0) is 18.4 Å². The molecule has 0 bridgehead atoms. The first-order chi connectivity index (χ1) is 12.1. The van der Waals surface area contributed by atoms with Gasteiger partial charge < -0.3 is 9.88 Å². The van der Waals surface area contributed by atoms with Crippen molar-refractivity contribution in [3.8, 4) is 6.07 Å². The number of Topliss-reactive ketones (excluding diaryl/α,β-unsaturated/α-hetero) is 1. The number of amides is 1. The molecule has 0 aliphatic heterocycles. The van der Waals surface area contributed by atoms with Crippen LogP contribution in [0.5, 0.6) is 0 Å². The zero-order valence-electron chi connectivity index (χ0n) is 13.6. The summed E-state index contributed by atoms with van der Waals surface area (Å²) in [7, 11) is 1.85. The quantitative estimate of drug-likeness (QED) is 0.573. The maximum Gasteiger partial charge on any atom is 0.245 e. The number of nitrogens with zero attached hydrogens (tertiary/aromatic N) is 3. The predicted molar refractivity (Wildman–Crippen MR) is 92.4 cm³/mol. The van der Waals surface area contributed by atoms with Crippen molar-refractivity contribution < 1.29 is 9.59 Å². The summed E-state index contributed by atoms with van der Waals surface area (Å²) in [6, 6.07) is 16.1. The molecule has 1 amide bonds. The Morgan fingerprint density at radius 3 is 2.72 bits per heavy atom. The smallest absolute Gasteiger partial charge is 0.245 e. The molecule has 124 valence electrons. The van der Waals surface area contributed by atoms with Crippen LogP contribution in [0.1, 0.15) is 15.9 Å². The monoisotopic (exact) mass is 332 g/mol. The fourth-order valence-corrected chi connectivity index (χ4v) is 2.58. The van der Waals surface area contributed by atoms with Crippen LogP contribution in [-0.4, -0.2) is 21.2 Å². The topological polar surface area (TPSA) is 87.8 Å². The molecule has 0 spiro atoms. The highest BCUT2D eigenvalue weighted by atomic mass is 16.2. The molecule has 3 aromatic rings. The molecule has 25 heavy (non-hydrogen) atoms. The Labute approximate surface area is 144 Å². The lowest BCUT2D eigenvalue weighted by atomic mass is 9.97. The van der Waals surface area contributed by atoms with Crippen molar-refractivity contribution in [3.63, 3.8) is 0 Å². The molecule has 0 aliphatic carbocycles. The molecule has 3 rings (SSSR count). The van der Waals surface area contributed by atoms with Crippen LogP contribution in [0.25, 0.3) is 11.0 Å². The van der Waals surface area contributed by atoms with Gasteiger partial charge in [0.1, 0.15) is 0 Å². The van der Waals surface area contributed by atoms with Crippen LogP contribution in [0.15, 0.2) is 54.9 Å². The van der Waals surface area contributed by atoms with Crippen LogP contribution in [0, 0.1) is 17.2 Å². The van der Waals surface area contributed by atoms with E-state index >= 15 is 0 Å². The molecular formula is C19H16N4O2. The number of ketones is 1. The SMILES string of the molecule is Cn1cnc2cc(C(=O)C(C#N)C(=O)NCc3ccccc3)ccc21. The maximum atomic E-state index is 12.6.